The molecule has 1 N–H and O–H groups in total. The molecule has 2 fully saturated rings. The summed E-state index contributed by atoms with van der Waals surface area (Å²) in [7, 11) is 2.17. The van der Waals surface area contributed by atoms with Crippen molar-refractivity contribution in [3.8, 4) is 11.4 Å². The molecule has 9 heteroatoms. The zero-order valence-electron chi connectivity index (χ0n) is 26.5. The number of piperazine rings is 1. The van der Waals surface area contributed by atoms with Crippen molar-refractivity contribution in [3.05, 3.63) is 82.7 Å². The lowest BCUT2D eigenvalue weighted by molar-refractivity contribution is -0.00545. The van der Waals surface area contributed by atoms with Crippen molar-refractivity contribution in [2.24, 2.45) is 0 Å². The Hall–Kier alpha value is -3.92. The molecule has 2 aliphatic rings. The topological polar surface area (TPSA) is 86.7 Å². The molecule has 1 amide bonds. The van der Waals surface area contributed by atoms with Crippen LogP contribution < -0.4 is 10.2 Å². The van der Waals surface area contributed by atoms with E-state index in [1.807, 2.05) is 48.7 Å². The van der Waals surface area contributed by atoms with Crippen LogP contribution in [0, 0.1) is 13.8 Å². The maximum absolute atomic E-state index is 13.3. The molecule has 0 radical (unpaired) electrons. The van der Waals surface area contributed by atoms with Gasteiger partial charge in [-0.25, -0.2) is 9.97 Å². The minimum atomic E-state index is -0.0934. The summed E-state index contributed by atoms with van der Waals surface area (Å²) in [4.78, 5) is 34.9. The quantitative estimate of drug-likeness (QED) is 0.333. The smallest absolute Gasteiger partial charge is 0.251 e. The van der Waals surface area contributed by atoms with Crippen LogP contribution >= 0.6 is 0 Å². The molecule has 1 aromatic carbocycles. The summed E-state index contributed by atoms with van der Waals surface area (Å²) in [5, 5.41) is 4.03. The van der Waals surface area contributed by atoms with Gasteiger partial charge in [-0.3, -0.25) is 14.7 Å². The molecule has 2 saturated heterocycles. The Morgan fingerprint density at radius 2 is 1.70 bits per heavy atom. The van der Waals surface area contributed by atoms with Crippen LogP contribution in [0.1, 0.15) is 46.6 Å². The Morgan fingerprint density at radius 3 is 2.48 bits per heavy atom. The van der Waals surface area contributed by atoms with Gasteiger partial charge in [0.05, 0.1) is 41.4 Å². The normalized spacial score (nSPS) is 19.8. The molecule has 6 rings (SSSR count). The summed E-state index contributed by atoms with van der Waals surface area (Å²) < 4.78 is 5.90. The van der Waals surface area contributed by atoms with Crippen molar-refractivity contribution in [1.29, 1.82) is 0 Å². The van der Waals surface area contributed by atoms with Crippen molar-refractivity contribution >= 4 is 22.6 Å². The van der Waals surface area contributed by atoms with Crippen LogP contribution in [0.3, 0.4) is 0 Å². The van der Waals surface area contributed by atoms with Crippen LogP contribution in [0.25, 0.3) is 22.3 Å². The molecular weight excluding hydrogens is 550 g/mol. The fourth-order valence-corrected chi connectivity index (χ4v) is 6.15. The van der Waals surface area contributed by atoms with Gasteiger partial charge in [-0.1, -0.05) is 6.07 Å². The van der Waals surface area contributed by atoms with Gasteiger partial charge in [0, 0.05) is 63.0 Å². The molecule has 0 spiro atoms. The van der Waals surface area contributed by atoms with Crippen molar-refractivity contribution in [1.82, 2.24) is 30.1 Å². The largest absolute Gasteiger partial charge is 0.372 e. The number of aryl methyl sites for hydroxylation is 1. The highest BCUT2D eigenvalue weighted by atomic mass is 16.5. The van der Waals surface area contributed by atoms with E-state index in [0.29, 0.717) is 12.1 Å². The first-order chi connectivity index (χ1) is 21.2. The predicted octanol–water partition coefficient (Wildman–Crippen LogP) is 4.60. The lowest BCUT2D eigenvalue weighted by Gasteiger charge is -2.36. The SMILES string of the molecule is Cc1cc(C(=O)NCc2cc3nc(-c4cccc(N5C[C@@H](C)O[C@@H](C)C5)n4)ccc3cn2)cc(CN2CCN(C)CC2)c1C. The van der Waals surface area contributed by atoms with Crippen LogP contribution in [-0.2, 0) is 17.8 Å². The number of carbonyl (C=O) groups is 1. The molecule has 0 aliphatic carbocycles. The number of nitrogens with zero attached hydrogens (tertiary/aromatic N) is 6. The molecule has 2 aliphatic heterocycles. The minimum Gasteiger partial charge on any atom is -0.372 e. The highest BCUT2D eigenvalue weighted by molar-refractivity contribution is 5.94. The molecule has 9 nitrogen and oxygen atoms in total. The minimum absolute atomic E-state index is 0.0934. The van der Waals surface area contributed by atoms with E-state index in [4.69, 9.17) is 14.7 Å². The van der Waals surface area contributed by atoms with E-state index in [-0.39, 0.29) is 18.1 Å². The highest BCUT2D eigenvalue weighted by Gasteiger charge is 2.23. The molecule has 0 unspecified atom stereocenters. The molecule has 5 heterocycles. The number of pyridine rings is 3. The van der Waals surface area contributed by atoms with Crippen LogP contribution in [0.5, 0.6) is 0 Å². The fourth-order valence-electron chi connectivity index (χ4n) is 6.15. The number of rotatable bonds is 7. The standard InChI is InChI=1S/C35H43N7O2/c1-23-15-28(16-29(26(23)4)22-41-13-11-40(5)12-14-41)35(43)37-19-30-17-33-27(18-36-30)9-10-32(38-33)31-7-6-8-34(39-31)42-20-24(2)44-25(3)21-42/h6-10,15-18,24-25H,11-14,19-22H2,1-5H3,(H,37,43)/t24-,25+. The number of ether oxygens (including phenoxy) is 1. The Morgan fingerprint density at radius 1 is 0.955 bits per heavy atom. The number of nitrogens with one attached hydrogen (secondary N) is 1. The Balaban J connectivity index is 1.15. The van der Waals surface area contributed by atoms with E-state index < -0.39 is 0 Å². The highest BCUT2D eigenvalue weighted by Crippen LogP contribution is 2.25. The second-order valence-corrected chi connectivity index (χ2v) is 12.4. The number of aromatic nitrogens is 3. The number of amides is 1. The third-order valence-electron chi connectivity index (χ3n) is 8.83. The zero-order valence-corrected chi connectivity index (χ0v) is 26.5. The molecule has 2 atom stereocenters. The maximum Gasteiger partial charge on any atom is 0.251 e. The van der Waals surface area contributed by atoms with Gasteiger partial charge in [0.15, 0.2) is 0 Å². The monoisotopic (exact) mass is 593 g/mol. The van der Waals surface area contributed by atoms with Crippen LogP contribution in [0.2, 0.25) is 0 Å². The van der Waals surface area contributed by atoms with Gasteiger partial charge in [-0.2, -0.15) is 0 Å². The summed E-state index contributed by atoms with van der Waals surface area (Å²) in [5.41, 5.74) is 7.51. The van der Waals surface area contributed by atoms with Gasteiger partial charge in [0.25, 0.3) is 5.91 Å². The molecule has 4 aromatic rings. The van der Waals surface area contributed by atoms with E-state index in [9.17, 15) is 4.79 Å². The number of fused-ring (bicyclic) bond motifs is 1. The Kier molecular flexibility index (Phi) is 8.88. The van der Waals surface area contributed by atoms with E-state index in [0.717, 1.165) is 85.2 Å². The Bertz CT molecular complexity index is 1640. The van der Waals surface area contributed by atoms with E-state index in [1.54, 1.807) is 0 Å². The number of hydrogen-bond acceptors (Lipinski definition) is 8. The average Bonchev–Trinajstić information content (AvgIpc) is 3.02. The Labute approximate surface area is 260 Å². The first-order valence-corrected chi connectivity index (χ1v) is 15.6. The molecule has 230 valence electrons. The van der Waals surface area contributed by atoms with Crippen molar-refractivity contribution in [3.63, 3.8) is 0 Å². The van der Waals surface area contributed by atoms with Gasteiger partial charge < -0.3 is 19.9 Å². The van der Waals surface area contributed by atoms with Crippen LogP contribution in [0.15, 0.2) is 54.7 Å². The van der Waals surface area contributed by atoms with Crippen molar-refractivity contribution in [2.45, 2.75) is 53.0 Å². The van der Waals surface area contributed by atoms with Crippen LogP contribution in [-0.4, -0.2) is 89.2 Å². The summed E-state index contributed by atoms with van der Waals surface area (Å²) >= 11 is 0. The average molecular weight is 594 g/mol. The number of carbonyl (C=O) groups excluding carboxylic acids is 1. The first-order valence-electron chi connectivity index (χ1n) is 15.6. The lowest BCUT2D eigenvalue weighted by Crippen LogP contribution is -2.45. The third kappa shape index (κ3) is 6.90. The van der Waals surface area contributed by atoms with Gasteiger partial charge >= 0.3 is 0 Å². The summed E-state index contributed by atoms with van der Waals surface area (Å²) in [6.45, 7) is 15.5. The zero-order chi connectivity index (χ0) is 30.8. The van der Waals surface area contributed by atoms with Crippen molar-refractivity contribution < 1.29 is 9.53 Å². The number of benzene rings is 1. The van der Waals surface area contributed by atoms with E-state index >= 15 is 0 Å². The first kappa shape index (κ1) is 30.1. The predicted molar refractivity (Wildman–Crippen MR) is 175 cm³/mol. The van der Waals surface area contributed by atoms with Crippen molar-refractivity contribution in [2.75, 3.05) is 51.2 Å². The van der Waals surface area contributed by atoms with Gasteiger partial charge in [-0.05, 0) is 93.9 Å². The fraction of sp³-hybridized carbons (Fsp3) is 0.429. The maximum atomic E-state index is 13.3. The molecule has 44 heavy (non-hydrogen) atoms. The van der Waals surface area contributed by atoms with Gasteiger partial charge in [0.1, 0.15) is 5.82 Å². The molecular formula is C35H43N7O2. The molecule has 0 bridgehead atoms. The van der Waals surface area contributed by atoms with E-state index in [2.05, 4.69) is 65.8 Å². The summed E-state index contributed by atoms with van der Waals surface area (Å²) in [5.74, 6) is 0.839. The second-order valence-electron chi connectivity index (χ2n) is 12.4. The lowest BCUT2D eigenvalue weighted by atomic mass is 9.98. The number of likely N-dealkylation sites (N-methyl/N-ethyl adjacent to an activating group) is 1. The number of anilines is 1. The summed E-state index contributed by atoms with van der Waals surface area (Å²) in [6.07, 6.45) is 2.14. The third-order valence-corrected chi connectivity index (χ3v) is 8.83. The summed E-state index contributed by atoms with van der Waals surface area (Å²) in [6, 6.07) is 16.1. The number of hydrogen-bond donors (Lipinski definition) is 1. The van der Waals surface area contributed by atoms with E-state index in [1.165, 1.54) is 11.1 Å². The second kappa shape index (κ2) is 13.0. The molecule has 0 saturated carbocycles. The number of morpholine rings is 1. The van der Waals surface area contributed by atoms with Gasteiger partial charge in [0.2, 0.25) is 0 Å². The van der Waals surface area contributed by atoms with Gasteiger partial charge in [-0.15, -0.1) is 0 Å². The molecule has 3 aromatic heterocycles. The van der Waals surface area contributed by atoms with Crippen LogP contribution in [0.4, 0.5) is 5.82 Å².